The first-order valence-electron chi connectivity index (χ1n) is 6.98. The van der Waals surface area contributed by atoms with Crippen molar-refractivity contribution in [2.75, 3.05) is 26.8 Å². The molecule has 1 rings (SSSR count). The van der Waals surface area contributed by atoms with Gasteiger partial charge >= 0.3 is 5.97 Å². The summed E-state index contributed by atoms with van der Waals surface area (Å²) in [5.74, 6) is -1.17. The molecule has 0 aliphatic rings. The first kappa shape index (κ1) is 17.2. The van der Waals surface area contributed by atoms with Gasteiger partial charge in [-0.2, -0.15) is 0 Å². The van der Waals surface area contributed by atoms with Gasteiger partial charge in [0.2, 0.25) is 5.91 Å². The van der Waals surface area contributed by atoms with Crippen LogP contribution < -0.4 is 0 Å². The van der Waals surface area contributed by atoms with Crippen molar-refractivity contribution in [1.82, 2.24) is 4.90 Å². The largest absolute Gasteiger partial charge is 0.480 e. The fraction of sp³-hybridized carbons (Fsp3) is 0.500. The van der Waals surface area contributed by atoms with Crippen molar-refractivity contribution in [1.29, 1.82) is 0 Å². The Labute approximate surface area is 125 Å². The maximum Gasteiger partial charge on any atom is 0.323 e. The van der Waals surface area contributed by atoms with Crippen molar-refractivity contribution < 1.29 is 19.4 Å². The number of rotatable bonds is 8. The van der Waals surface area contributed by atoms with Gasteiger partial charge in [-0.15, -0.1) is 0 Å². The molecule has 5 heteroatoms. The van der Waals surface area contributed by atoms with Crippen molar-refractivity contribution in [3.8, 4) is 0 Å². The molecule has 116 valence electrons. The monoisotopic (exact) mass is 293 g/mol. The molecule has 0 radical (unpaired) electrons. The molecule has 0 aromatic heterocycles. The van der Waals surface area contributed by atoms with Crippen LogP contribution in [0.1, 0.15) is 23.1 Å². The average Bonchev–Trinajstić information content (AvgIpc) is 2.39. The van der Waals surface area contributed by atoms with E-state index in [1.54, 1.807) is 0 Å². The molecule has 0 spiro atoms. The number of ether oxygens (including phenoxy) is 1. The standard InChI is InChI=1S/C16H23NO4/c1-12-8-13(2)10-14(9-12)4-5-15(18)17(6-7-21-3)11-16(19)20/h8-10H,4-7,11H2,1-3H3,(H,19,20). The fourth-order valence-corrected chi connectivity index (χ4v) is 2.28. The molecule has 21 heavy (non-hydrogen) atoms. The Morgan fingerprint density at radius 1 is 1.19 bits per heavy atom. The predicted octanol–water partition coefficient (Wildman–Crippen LogP) is 1.80. The van der Waals surface area contributed by atoms with E-state index in [9.17, 15) is 9.59 Å². The van der Waals surface area contributed by atoms with Gasteiger partial charge in [-0.1, -0.05) is 29.3 Å². The third-order valence-corrected chi connectivity index (χ3v) is 3.15. The molecule has 0 atom stereocenters. The molecule has 1 N–H and O–H groups in total. The van der Waals surface area contributed by atoms with Crippen LogP contribution in [-0.2, 0) is 20.7 Å². The second kappa shape index (κ2) is 8.42. The summed E-state index contributed by atoms with van der Waals surface area (Å²) in [4.78, 5) is 24.3. The summed E-state index contributed by atoms with van der Waals surface area (Å²) in [5.41, 5.74) is 3.43. The summed E-state index contributed by atoms with van der Waals surface area (Å²) in [6.45, 7) is 4.40. The van der Waals surface area contributed by atoms with Crippen molar-refractivity contribution >= 4 is 11.9 Å². The Morgan fingerprint density at radius 2 is 1.81 bits per heavy atom. The molecule has 0 aliphatic carbocycles. The van der Waals surface area contributed by atoms with E-state index in [0.717, 1.165) is 5.56 Å². The second-order valence-electron chi connectivity index (χ2n) is 5.20. The van der Waals surface area contributed by atoms with Crippen molar-refractivity contribution in [2.24, 2.45) is 0 Å². The van der Waals surface area contributed by atoms with Gasteiger partial charge in [-0.25, -0.2) is 0 Å². The number of nitrogens with zero attached hydrogens (tertiary/aromatic N) is 1. The summed E-state index contributed by atoms with van der Waals surface area (Å²) in [6.07, 6.45) is 0.921. The van der Waals surface area contributed by atoms with Crippen molar-refractivity contribution in [2.45, 2.75) is 26.7 Å². The Bertz CT molecular complexity index is 479. The van der Waals surface area contributed by atoms with Gasteiger partial charge in [-0.05, 0) is 25.8 Å². The van der Waals surface area contributed by atoms with Crippen LogP contribution in [0.5, 0.6) is 0 Å². The van der Waals surface area contributed by atoms with E-state index in [1.165, 1.54) is 23.1 Å². The highest BCUT2D eigenvalue weighted by molar-refractivity contribution is 5.81. The molecule has 0 fully saturated rings. The smallest absolute Gasteiger partial charge is 0.323 e. The number of hydrogen-bond acceptors (Lipinski definition) is 3. The maximum atomic E-state index is 12.1. The zero-order valence-corrected chi connectivity index (χ0v) is 12.9. The van der Waals surface area contributed by atoms with Crippen molar-refractivity contribution in [3.05, 3.63) is 34.9 Å². The maximum absolute atomic E-state index is 12.1. The molecular formula is C16H23NO4. The highest BCUT2D eigenvalue weighted by Crippen LogP contribution is 2.11. The summed E-state index contributed by atoms with van der Waals surface area (Å²) < 4.78 is 4.91. The Morgan fingerprint density at radius 3 is 2.33 bits per heavy atom. The van der Waals surface area contributed by atoms with Gasteiger partial charge in [0.05, 0.1) is 6.61 Å². The van der Waals surface area contributed by atoms with Crippen LogP contribution in [0.2, 0.25) is 0 Å². The third kappa shape index (κ3) is 6.40. The summed E-state index contributed by atoms with van der Waals surface area (Å²) >= 11 is 0. The molecule has 0 unspecified atom stereocenters. The van der Waals surface area contributed by atoms with Crippen LogP contribution in [0.4, 0.5) is 0 Å². The Kier molecular flexibility index (Phi) is 6.88. The number of carbonyl (C=O) groups excluding carboxylic acids is 1. The lowest BCUT2D eigenvalue weighted by molar-refractivity contribution is -0.144. The van der Waals surface area contributed by atoms with E-state index in [0.29, 0.717) is 26.0 Å². The van der Waals surface area contributed by atoms with E-state index < -0.39 is 5.97 Å². The zero-order chi connectivity index (χ0) is 15.8. The molecule has 1 amide bonds. The molecule has 1 aromatic rings. The minimum atomic E-state index is -1.01. The van der Waals surface area contributed by atoms with Crippen LogP contribution in [0.15, 0.2) is 18.2 Å². The number of carboxylic acids is 1. The highest BCUT2D eigenvalue weighted by Gasteiger charge is 2.16. The molecule has 0 heterocycles. The third-order valence-electron chi connectivity index (χ3n) is 3.15. The summed E-state index contributed by atoms with van der Waals surface area (Å²) in [7, 11) is 1.53. The van der Waals surface area contributed by atoms with Gasteiger partial charge in [-0.3, -0.25) is 9.59 Å². The number of methoxy groups -OCH3 is 1. The van der Waals surface area contributed by atoms with Crippen LogP contribution in [0, 0.1) is 13.8 Å². The fourth-order valence-electron chi connectivity index (χ4n) is 2.28. The normalized spacial score (nSPS) is 10.4. The van der Waals surface area contributed by atoms with E-state index in [2.05, 4.69) is 18.2 Å². The van der Waals surface area contributed by atoms with Crippen LogP contribution in [-0.4, -0.2) is 48.7 Å². The molecule has 0 bridgehead atoms. The number of benzene rings is 1. The highest BCUT2D eigenvalue weighted by atomic mass is 16.5. The number of hydrogen-bond donors (Lipinski definition) is 1. The van der Waals surface area contributed by atoms with E-state index >= 15 is 0 Å². The molecule has 1 aromatic carbocycles. The van der Waals surface area contributed by atoms with Crippen LogP contribution in [0.25, 0.3) is 0 Å². The first-order chi connectivity index (χ1) is 9.92. The molecule has 0 saturated carbocycles. The first-order valence-corrected chi connectivity index (χ1v) is 6.98. The SMILES string of the molecule is COCCN(CC(=O)O)C(=O)CCc1cc(C)cc(C)c1. The summed E-state index contributed by atoms with van der Waals surface area (Å²) in [5, 5.41) is 8.86. The van der Waals surface area contributed by atoms with E-state index in [-0.39, 0.29) is 12.5 Å². The molecule has 0 aliphatic heterocycles. The Hall–Kier alpha value is -1.88. The minimum absolute atomic E-state index is 0.159. The lowest BCUT2D eigenvalue weighted by Gasteiger charge is -2.20. The number of aliphatic carboxylic acids is 1. The predicted molar refractivity (Wildman–Crippen MR) is 80.3 cm³/mol. The number of carboxylic acid groups (broad SMARTS) is 1. The molecule has 5 nitrogen and oxygen atoms in total. The number of carbonyl (C=O) groups is 2. The minimum Gasteiger partial charge on any atom is -0.480 e. The van der Waals surface area contributed by atoms with Gasteiger partial charge in [0, 0.05) is 20.1 Å². The lowest BCUT2D eigenvalue weighted by Crippen LogP contribution is -2.38. The van der Waals surface area contributed by atoms with Gasteiger partial charge in [0.25, 0.3) is 0 Å². The van der Waals surface area contributed by atoms with Crippen LogP contribution in [0.3, 0.4) is 0 Å². The van der Waals surface area contributed by atoms with E-state index in [4.69, 9.17) is 9.84 Å². The second-order valence-corrected chi connectivity index (χ2v) is 5.20. The topological polar surface area (TPSA) is 66.8 Å². The van der Waals surface area contributed by atoms with Crippen LogP contribution >= 0.6 is 0 Å². The quantitative estimate of drug-likeness (QED) is 0.793. The number of aryl methyl sites for hydroxylation is 3. The van der Waals surface area contributed by atoms with Crippen molar-refractivity contribution in [3.63, 3.8) is 0 Å². The lowest BCUT2D eigenvalue weighted by atomic mass is 10.0. The Balaban J connectivity index is 2.61. The van der Waals surface area contributed by atoms with E-state index in [1.807, 2.05) is 13.8 Å². The van der Waals surface area contributed by atoms with Gasteiger partial charge in [0.1, 0.15) is 6.54 Å². The van der Waals surface area contributed by atoms with Gasteiger partial charge in [0.15, 0.2) is 0 Å². The molecule has 0 saturated heterocycles. The van der Waals surface area contributed by atoms with Gasteiger partial charge < -0.3 is 14.7 Å². The zero-order valence-electron chi connectivity index (χ0n) is 12.9. The average molecular weight is 293 g/mol. The molecular weight excluding hydrogens is 270 g/mol. The summed E-state index contributed by atoms with van der Waals surface area (Å²) in [6, 6.07) is 6.19. The number of amides is 1.